The predicted octanol–water partition coefficient (Wildman–Crippen LogP) is 1.34. The Morgan fingerprint density at radius 3 is 2.62 bits per heavy atom. The summed E-state index contributed by atoms with van der Waals surface area (Å²) in [6.45, 7) is 7.30. The SMILES string of the molecule is CCn1c(=C=C(C#N)C(=O)NCC#N)sc(=C=CNc2cccc(N(C)C(=O)CN(C)CCC(C)C)c2)c1=O. The van der Waals surface area contributed by atoms with Crippen LogP contribution in [0, 0.1) is 28.6 Å². The summed E-state index contributed by atoms with van der Waals surface area (Å²) in [5, 5.41) is 23.3. The summed E-state index contributed by atoms with van der Waals surface area (Å²) in [5.41, 5.74) is 6.36. The van der Waals surface area contributed by atoms with Crippen molar-refractivity contribution in [2.45, 2.75) is 33.7 Å². The van der Waals surface area contributed by atoms with E-state index in [1.807, 2.05) is 36.2 Å². The highest BCUT2D eigenvalue weighted by molar-refractivity contribution is 7.07. The maximum Gasteiger partial charge on any atom is 0.277 e. The number of thiazole rings is 1. The van der Waals surface area contributed by atoms with Crippen LogP contribution < -0.4 is 30.3 Å². The number of hydrogen-bond acceptors (Lipinski definition) is 8. The van der Waals surface area contributed by atoms with Gasteiger partial charge in [-0.3, -0.25) is 23.9 Å². The molecule has 0 saturated heterocycles. The minimum atomic E-state index is -0.740. The summed E-state index contributed by atoms with van der Waals surface area (Å²) >= 11 is 1.04. The first-order valence-electron chi connectivity index (χ1n) is 12.4. The number of nitrogens with zero attached hydrogens (tertiary/aromatic N) is 5. The highest BCUT2D eigenvalue weighted by Gasteiger charge is 2.14. The number of carbonyl (C=O) groups is 2. The standard InChI is InChI=1S/C28H33N7O3S/c1-6-35-26(16-21(18-30)27(37)32-14-12-29)39-24(28(35)38)10-13-31-22-8-7-9-23(17-22)34(5)25(36)19-33(4)15-11-20(2)3/h7-9,13,17,20,31H,6,11,14-15,19H2,1-5H3,(H,32,37). The first-order valence-corrected chi connectivity index (χ1v) is 13.3. The smallest absolute Gasteiger partial charge is 0.277 e. The van der Waals surface area contributed by atoms with Crippen LogP contribution in [0.4, 0.5) is 11.4 Å². The topological polar surface area (TPSA) is 134 Å². The van der Waals surface area contributed by atoms with Gasteiger partial charge in [-0.25, -0.2) is 0 Å². The van der Waals surface area contributed by atoms with Crippen molar-refractivity contribution < 1.29 is 9.59 Å². The second-order valence-electron chi connectivity index (χ2n) is 9.09. The van der Waals surface area contributed by atoms with E-state index in [0.717, 1.165) is 30.0 Å². The molecule has 0 atom stereocenters. The van der Waals surface area contributed by atoms with E-state index in [4.69, 9.17) is 5.26 Å². The van der Waals surface area contributed by atoms with Gasteiger partial charge in [-0.1, -0.05) is 42.7 Å². The first-order chi connectivity index (χ1) is 18.6. The molecule has 10 nitrogen and oxygen atoms in total. The molecule has 11 heteroatoms. The number of nitrogens with one attached hydrogen (secondary N) is 2. The Labute approximate surface area is 232 Å². The maximum atomic E-state index is 12.8. The Kier molecular flexibility index (Phi) is 12.0. The van der Waals surface area contributed by atoms with Crippen LogP contribution in [0.25, 0.3) is 11.5 Å². The van der Waals surface area contributed by atoms with E-state index in [0.29, 0.717) is 29.4 Å². The number of benzene rings is 1. The van der Waals surface area contributed by atoms with Crippen LogP contribution in [0.2, 0.25) is 0 Å². The maximum absolute atomic E-state index is 12.8. The number of nitriles is 2. The number of carbonyl (C=O) groups excluding carboxylic acids is 2. The second kappa shape index (κ2) is 15.1. The van der Waals surface area contributed by atoms with Gasteiger partial charge in [-0.05, 0) is 51.1 Å². The van der Waals surface area contributed by atoms with E-state index < -0.39 is 5.91 Å². The molecule has 2 aromatic rings. The van der Waals surface area contributed by atoms with E-state index >= 15 is 0 Å². The number of aromatic nitrogens is 1. The van der Waals surface area contributed by atoms with Crippen molar-refractivity contribution in [1.29, 1.82) is 10.5 Å². The lowest BCUT2D eigenvalue weighted by molar-refractivity contribution is -0.119. The van der Waals surface area contributed by atoms with Crippen LogP contribution in [0.3, 0.4) is 0 Å². The molecule has 1 aromatic carbocycles. The first kappa shape index (κ1) is 30.9. The molecule has 0 radical (unpaired) electrons. The lowest BCUT2D eigenvalue weighted by Gasteiger charge is -2.23. The van der Waals surface area contributed by atoms with E-state index in [2.05, 4.69) is 35.9 Å². The molecule has 0 saturated carbocycles. The molecule has 0 bridgehead atoms. The van der Waals surface area contributed by atoms with Gasteiger partial charge in [-0.2, -0.15) is 10.5 Å². The molecule has 0 unspecified atom stereocenters. The molecular weight excluding hydrogens is 514 g/mol. The second-order valence-corrected chi connectivity index (χ2v) is 10.1. The van der Waals surface area contributed by atoms with Crippen molar-refractivity contribution in [1.82, 2.24) is 14.8 Å². The third kappa shape index (κ3) is 9.15. The Balaban J connectivity index is 2.30. The molecular formula is C28H33N7O3S. The molecule has 2 N–H and O–H groups in total. The number of rotatable bonds is 11. The predicted molar refractivity (Wildman–Crippen MR) is 153 cm³/mol. The van der Waals surface area contributed by atoms with E-state index in [1.54, 1.807) is 31.0 Å². The van der Waals surface area contributed by atoms with Crippen molar-refractivity contribution in [2.75, 3.05) is 43.9 Å². The molecule has 1 heterocycles. The molecule has 204 valence electrons. The number of amides is 2. The summed E-state index contributed by atoms with van der Waals surface area (Å²) in [6, 6.07) is 10.8. The molecule has 2 rings (SSSR count). The largest absolute Gasteiger partial charge is 0.355 e. The Hall–Kier alpha value is -4.37. The average Bonchev–Trinajstić information content (AvgIpc) is 3.22. The fourth-order valence-electron chi connectivity index (χ4n) is 3.36. The van der Waals surface area contributed by atoms with Crippen molar-refractivity contribution in [3.05, 3.63) is 55.6 Å². The molecule has 0 aliphatic heterocycles. The third-order valence-electron chi connectivity index (χ3n) is 5.64. The van der Waals surface area contributed by atoms with Crippen LogP contribution in [-0.2, 0) is 16.1 Å². The lowest BCUT2D eigenvalue weighted by atomic mass is 10.1. The molecule has 1 aromatic heterocycles. The van der Waals surface area contributed by atoms with Gasteiger partial charge < -0.3 is 15.5 Å². The van der Waals surface area contributed by atoms with Gasteiger partial charge >= 0.3 is 0 Å². The average molecular weight is 548 g/mol. The minimum Gasteiger partial charge on any atom is -0.355 e. The fraction of sp³-hybridized carbons (Fsp3) is 0.393. The van der Waals surface area contributed by atoms with Gasteiger partial charge in [0, 0.05) is 31.2 Å². The molecule has 0 fully saturated rings. The van der Waals surface area contributed by atoms with Crippen molar-refractivity contribution >= 4 is 46.0 Å². The summed E-state index contributed by atoms with van der Waals surface area (Å²) in [4.78, 5) is 41.2. The van der Waals surface area contributed by atoms with Crippen molar-refractivity contribution in [2.24, 2.45) is 5.92 Å². The molecule has 0 spiro atoms. The van der Waals surface area contributed by atoms with Gasteiger partial charge in [-0.15, -0.1) is 0 Å². The van der Waals surface area contributed by atoms with Crippen LogP contribution in [0.15, 0.2) is 40.8 Å². The highest BCUT2D eigenvalue weighted by Crippen LogP contribution is 2.18. The lowest BCUT2D eigenvalue weighted by Crippen LogP contribution is -2.37. The summed E-state index contributed by atoms with van der Waals surface area (Å²) < 4.78 is 1.94. The van der Waals surface area contributed by atoms with E-state index in [-0.39, 0.29) is 28.1 Å². The van der Waals surface area contributed by atoms with Gasteiger partial charge in [0.15, 0.2) is 5.57 Å². The van der Waals surface area contributed by atoms with E-state index in [1.165, 1.54) is 10.8 Å². The zero-order chi connectivity index (χ0) is 28.9. The Bertz CT molecular complexity index is 1530. The van der Waals surface area contributed by atoms with Crippen molar-refractivity contribution in [3.8, 4) is 12.1 Å². The number of hydrogen-bond donors (Lipinski definition) is 2. The van der Waals surface area contributed by atoms with Crippen LogP contribution in [0.5, 0.6) is 0 Å². The Morgan fingerprint density at radius 1 is 1.23 bits per heavy atom. The third-order valence-corrected chi connectivity index (χ3v) is 6.65. The van der Waals surface area contributed by atoms with E-state index in [9.17, 15) is 19.6 Å². The van der Waals surface area contributed by atoms with Crippen molar-refractivity contribution in [3.63, 3.8) is 0 Å². The van der Waals surface area contributed by atoms with Crippen LogP contribution in [0.1, 0.15) is 27.2 Å². The number of likely N-dealkylation sites (N-methyl/N-ethyl adjacent to an activating group) is 2. The number of anilines is 2. The normalized spacial score (nSPS) is 10.2. The van der Waals surface area contributed by atoms with Crippen LogP contribution >= 0.6 is 11.3 Å². The summed E-state index contributed by atoms with van der Waals surface area (Å²) in [7, 11) is 3.67. The van der Waals surface area contributed by atoms with Gasteiger partial charge in [0.05, 0.1) is 12.6 Å². The zero-order valence-corrected chi connectivity index (χ0v) is 23.7. The van der Waals surface area contributed by atoms with Gasteiger partial charge in [0.2, 0.25) is 5.91 Å². The monoisotopic (exact) mass is 547 g/mol. The molecule has 39 heavy (non-hydrogen) atoms. The fourth-order valence-corrected chi connectivity index (χ4v) is 4.34. The molecule has 0 aliphatic carbocycles. The molecule has 2 amide bonds. The summed E-state index contributed by atoms with van der Waals surface area (Å²) in [5.74, 6) is -0.185. The van der Waals surface area contributed by atoms with Gasteiger partial charge in [0.25, 0.3) is 11.5 Å². The zero-order valence-electron chi connectivity index (χ0n) is 22.9. The highest BCUT2D eigenvalue weighted by atomic mass is 32.1. The molecule has 0 aliphatic rings. The Morgan fingerprint density at radius 2 is 1.97 bits per heavy atom. The quantitative estimate of drug-likeness (QED) is 0.246. The van der Waals surface area contributed by atoms with Crippen LogP contribution in [-0.4, -0.2) is 55.0 Å². The summed E-state index contributed by atoms with van der Waals surface area (Å²) in [6.07, 6.45) is 2.52. The minimum absolute atomic E-state index is 0.0194. The van der Waals surface area contributed by atoms with Gasteiger partial charge in [0.1, 0.15) is 21.8 Å².